The fourth-order valence-corrected chi connectivity index (χ4v) is 13.7. The molecule has 0 fully saturated rings. The van der Waals surface area contributed by atoms with Gasteiger partial charge in [0.25, 0.3) is 0 Å². The Bertz CT molecular complexity index is 5180. The zero-order valence-electron chi connectivity index (χ0n) is 45.8. The Labute approximate surface area is 485 Å². The van der Waals surface area contributed by atoms with E-state index in [0.29, 0.717) is 0 Å². The molecule has 17 aromatic rings. The van der Waals surface area contributed by atoms with E-state index in [4.69, 9.17) is 0 Å². The summed E-state index contributed by atoms with van der Waals surface area (Å²) in [6, 6.07) is 116. The summed E-state index contributed by atoms with van der Waals surface area (Å²) in [4.78, 5) is 2.49. The van der Waals surface area contributed by atoms with E-state index in [1.165, 1.54) is 104 Å². The minimum absolute atomic E-state index is 1.07. The van der Waals surface area contributed by atoms with Gasteiger partial charge in [0.15, 0.2) is 0 Å². The van der Waals surface area contributed by atoms with Gasteiger partial charge in [-0.3, -0.25) is 0 Å². The van der Waals surface area contributed by atoms with Gasteiger partial charge in [0.1, 0.15) is 0 Å². The monoisotopic (exact) mass is 1070 g/mol. The number of para-hydroxylation sites is 6. The number of nitrogens with zero attached hydrogens (tertiary/aromatic N) is 4. The number of hydrogen-bond acceptors (Lipinski definition) is 1. The Morgan fingerprint density at radius 3 is 0.976 bits per heavy atom. The smallest absolute Gasteiger partial charge is 0.0547 e. The average Bonchev–Trinajstić information content (AvgIpc) is 2.05. The van der Waals surface area contributed by atoms with E-state index in [1.54, 1.807) is 0 Å². The van der Waals surface area contributed by atoms with Crippen molar-refractivity contribution in [2.45, 2.75) is 0 Å². The predicted molar refractivity (Wildman–Crippen MR) is 355 cm³/mol. The molecule has 3 heterocycles. The summed E-state index contributed by atoms with van der Waals surface area (Å²) in [5.74, 6) is 0. The number of aromatic nitrogens is 3. The van der Waals surface area contributed by atoms with Crippen LogP contribution in [0.2, 0.25) is 0 Å². The van der Waals surface area contributed by atoms with Crippen molar-refractivity contribution in [2.24, 2.45) is 0 Å². The van der Waals surface area contributed by atoms with Crippen LogP contribution in [0.25, 0.3) is 137 Å². The molecular formula is C80H52N4. The molecule has 0 aliphatic carbocycles. The maximum atomic E-state index is 2.49. The zero-order chi connectivity index (χ0) is 55.2. The number of benzene rings is 14. The fraction of sp³-hybridized carbons (Fsp3) is 0. The van der Waals surface area contributed by atoms with E-state index in [9.17, 15) is 0 Å². The standard InChI is InChI=1S/C80H52N4/c1-4-20-57(21-5-1)81-75-35-19-16-32-69(75)72-50-54(40-47-78(72)81)53-36-41-60(42-37-53)82(76-48-45-61(63-26-10-12-28-65(63)76)55-38-43-70-67-30-14-17-33-73(67)83(79(70)51-55)58-22-6-2-7-23-58)77-49-46-62(64-27-11-13-29-66(64)77)56-39-44-71-68-31-15-18-34-74(68)84(80(71)52-56)59-24-8-3-9-25-59/h1-52H. The van der Waals surface area contributed by atoms with E-state index in [2.05, 4.69) is 334 Å². The molecule has 17 rings (SSSR count). The molecule has 0 unspecified atom stereocenters. The van der Waals surface area contributed by atoms with Gasteiger partial charge in [-0.05, 0) is 147 Å². The lowest BCUT2D eigenvalue weighted by Gasteiger charge is -2.29. The summed E-state index contributed by atoms with van der Waals surface area (Å²) in [5, 5.41) is 12.1. The van der Waals surface area contributed by atoms with Crippen molar-refractivity contribution in [3.8, 4) is 50.4 Å². The van der Waals surface area contributed by atoms with E-state index in [0.717, 1.165) is 50.5 Å². The van der Waals surface area contributed by atoms with Gasteiger partial charge in [0, 0.05) is 65.8 Å². The molecule has 392 valence electrons. The van der Waals surface area contributed by atoms with Crippen molar-refractivity contribution in [3.63, 3.8) is 0 Å². The molecule has 4 heteroatoms. The van der Waals surface area contributed by atoms with Crippen molar-refractivity contribution in [3.05, 3.63) is 315 Å². The Hall–Kier alpha value is -11.2. The highest BCUT2D eigenvalue weighted by molar-refractivity contribution is 6.16. The molecular weight excluding hydrogens is 1020 g/mol. The molecule has 0 aliphatic rings. The Morgan fingerprint density at radius 2 is 0.524 bits per heavy atom. The van der Waals surface area contributed by atoms with Crippen molar-refractivity contribution in [1.82, 2.24) is 13.7 Å². The summed E-state index contributed by atoms with van der Waals surface area (Å²) < 4.78 is 7.20. The molecule has 3 aromatic heterocycles. The van der Waals surface area contributed by atoms with Crippen LogP contribution in [0.3, 0.4) is 0 Å². The van der Waals surface area contributed by atoms with Gasteiger partial charge < -0.3 is 18.6 Å². The molecule has 0 radical (unpaired) electrons. The van der Waals surface area contributed by atoms with Gasteiger partial charge in [-0.1, -0.05) is 212 Å². The van der Waals surface area contributed by atoms with Crippen molar-refractivity contribution in [1.29, 1.82) is 0 Å². The lowest BCUT2D eigenvalue weighted by atomic mass is 9.93. The van der Waals surface area contributed by atoms with Crippen LogP contribution in [0, 0.1) is 0 Å². The highest BCUT2D eigenvalue weighted by Crippen LogP contribution is 2.48. The largest absolute Gasteiger partial charge is 0.309 e. The Balaban J connectivity index is 0.846. The van der Waals surface area contributed by atoms with E-state index in [1.807, 2.05) is 0 Å². The molecule has 0 N–H and O–H groups in total. The van der Waals surface area contributed by atoms with Crippen LogP contribution in [0.5, 0.6) is 0 Å². The lowest BCUT2D eigenvalue weighted by Crippen LogP contribution is -2.11. The van der Waals surface area contributed by atoms with Gasteiger partial charge in [0.2, 0.25) is 0 Å². The Morgan fingerprint density at radius 1 is 0.190 bits per heavy atom. The third kappa shape index (κ3) is 7.48. The number of hydrogen-bond donors (Lipinski definition) is 0. The summed E-state index contributed by atoms with van der Waals surface area (Å²) in [6.07, 6.45) is 0. The molecule has 84 heavy (non-hydrogen) atoms. The highest BCUT2D eigenvalue weighted by atomic mass is 15.1. The molecule has 4 nitrogen and oxygen atoms in total. The van der Waals surface area contributed by atoms with E-state index >= 15 is 0 Å². The maximum Gasteiger partial charge on any atom is 0.0547 e. The zero-order valence-corrected chi connectivity index (χ0v) is 45.8. The summed E-state index contributed by atoms with van der Waals surface area (Å²) >= 11 is 0. The summed E-state index contributed by atoms with van der Waals surface area (Å²) in [7, 11) is 0. The van der Waals surface area contributed by atoms with Crippen molar-refractivity contribution >= 4 is 104 Å². The molecule has 0 amide bonds. The summed E-state index contributed by atoms with van der Waals surface area (Å²) in [6.45, 7) is 0. The highest BCUT2D eigenvalue weighted by Gasteiger charge is 2.23. The van der Waals surface area contributed by atoms with Crippen LogP contribution in [-0.4, -0.2) is 13.7 Å². The second-order valence-corrected chi connectivity index (χ2v) is 22.0. The van der Waals surface area contributed by atoms with Gasteiger partial charge in [0.05, 0.1) is 44.5 Å². The minimum Gasteiger partial charge on any atom is -0.309 e. The lowest BCUT2D eigenvalue weighted by molar-refractivity contribution is 1.18. The van der Waals surface area contributed by atoms with Crippen LogP contribution in [0.15, 0.2) is 315 Å². The SMILES string of the molecule is c1ccc(-n2c3ccccc3c3cc(-c4ccc(N(c5ccc(-c6ccc7c8ccccc8n(-c8ccccc8)c7c6)c6ccccc56)c5ccc(-c6ccc7c8ccccc8n(-c8ccccc8)c7c6)c6ccccc56)cc4)ccc32)cc1. The van der Waals surface area contributed by atoms with E-state index in [-0.39, 0.29) is 0 Å². The van der Waals surface area contributed by atoms with Gasteiger partial charge in [-0.25, -0.2) is 0 Å². The first-order valence-corrected chi connectivity index (χ1v) is 28.9. The molecule has 0 bridgehead atoms. The Kier molecular flexibility index (Phi) is 10.9. The first-order chi connectivity index (χ1) is 41.7. The van der Waals surface area contributed by atoms with Crippen LogP contribution >= 0.6 is 0 Å². The second-order valence-electron chi connectivity index (χ2n) is 22.0. The molecule has 0 saturated heterocycles. The quantitative estimate of drug-likeness (QED) is 0.141. The minimum atomic E-state index is 1.07. The number of rotatable bonds is 9. The van der Waals surface area contributed by atoms with Gasteiger partial charge >= 0.3 is 0 Å². The van der Waals surface area contributed by atoms with Gasteiger partial charge in [-0.2, -0.15) is 0 Å². The summed E-state index contributed by atoms with van der Waals surface area (Å²) in [5.41, 5.74) is 20.9. The van der Waals surface area contributed by atoms with Crippen molar-refractivity contribution < 1.29 is 0 Å². The molecule has 14 aromatic carbocycles. The molecule has 0 atom stereocenters. The topological polar surface area (TPSA) is 18.0 Å². The average molecular weight is 1070 g/mol. The normalized spacial score (nSPS) is 11.8. The molecule has 0 aliphatic heterocycles. The van der Waals surface area contributed by atoms with Crippen LogP contribution in [-0.2, 0) is 0 Å². The number of anilines is 3. The third-order valence-corrected chi connectivity index (χ3v) is 17.4. The van der Waals surface area contributed by atoms with Crippen LogP contribution in [0.4, 0.5) is 17.1 Å². The predicted octanol–water partition coefficient (Wildman–Crippen LogP) is 21.8. The molecule has 0 saturated carbocycles. The first kappa shape index (κ1) is 47.6. The van der Waals surface area contributed by atoms with Crippen LogP contribution in [0.1, 0.15) is 0 Å². The van der Waals surface area contributed by atoms with Gasteiger partial charge in [-0.15, -0.1) is 0 Å². The second kappa shape index (κ2) is 19.2. The molecule has 0 spiro atoms. The number of fused-ring (bicyclic) bond motifs is 11. The van der Waals surface area contributed by atoms with E-state index < -0.39 is 0 Å². The maximum absolute atomic E-state index is 2.49. The fourth-order valence-electron chi connectivity index (χ4n) is 13.7. The van der Waals surface area contributed by atoms with Crippen molar-refractivity contribution in [2.75, 3.05) is 4.90 Å². The first-order valence-electron chi connectivity index (χ1n) is 28.9. The van der Waals surface area contributed by atoms with Crippen LogP contribution < -0.4 is 4.90 Å². The third-order valence-electron chi connectivity index (χ3n) is 17.4.